The molecule has 0 saturated heterocycles. The molecule has 10 heteroatoms. The molecule has 0 aliphatic heterocycles. The first-order valence-electron chi connectivity index (χ1n) is 6.28. The van der Waals surface area contributed by atoms with Crippen molar-refractivity contribution in [2.45, 2.75) is 4.90 Å². The van der Waals surface area contributed by atoms with E-state index in [9.17, 15) is 13.5 Å². The molecule has 8 nitrogen and oxygen atoms in total. The van der Waals surface area contributed by atoms with Crippen LogP contribution in [0.15, 0.2) is 35.2 Å². The zero-order valence-corrected chi connectivity index (χ0v) is 13.9. The molecule has 2 N–H and O–H groups in total. The average molecular weight is 361 g/mol. The highest BCUT2D eigenvalue weighted by molar-refractivity contribution is 7.94. The Morgan fingerprint density at radius 2 is 2.00 bits per heavy atom. The molecular weight excluding hydrogens is 346 g/mol. The Kier molecular flexibility index (Phi) is 6.04. The van der Waals surface area contributed by atoms with Crippen molar-refractivity contribution in [3.63, 3.8) is 0 Å². The van der Waals surface area contributed by atoms with Crippen molar-refractivity contribution in [2.24, 2.45) is 0 Å². The fourth-order valence-corrected chi connectivity index (χ4v) is 2.74. The molecular formula is C13H15NO7S2. The van der Waals surface area contributed by atoms with E-state index in [1.807, 2.05) is 0 Å². The summed E-state index contributed by atoms with van der Waals surface area (Å²) in [7, 11) is -1.22. The molecule has 0 bridgehead atoms. The van der Waals surface area contributed by atoms with Gasteiger partial charge < -0.3 is 10.4 Å². The van der Waals surface area contributed by atoms with Gasteiger partial charge in [-0.3, -0.25) is 4.18 Å². The Morgan fingerprint density at radius 3 is 2.70 bits per heavy atom. The Labute approximate surface area is 137 Å². The Hall–Kier alpha value is -1.56. The van der Waals surface area contributed by atoms with Gasteiger partial charge in [0.2, 0.25) is 0 Å². The van der Waals surface area contributed by atoms with Crippen molar-refractivity contribution in [1.82, 2.24) is 0 Å². The summed E-state index contributed by atoms with van der Waals surface area (Å²) in [5, 5.41) is 18.4. The van der Waals surface area contributed by atoms with Gasteiger partial charge in [0.05, 0.1) is 26.3 Å². The van der Waals surface area contributed by atoms with Crippen LogP contribution in [-0.4, -0.2) is 33.6 Å². The van der Waals surface area contributed by atoms with Crippen LogP contribution in [0.2, 0.25) is 0 Å². The van der Waals surface area contributed by atoms with E-state index >= 15 is 0 Å². The van der Waals surface area contributed by atoms with E-state index in [1.165, 1.54) is 13.2 Å². The van der Waals surface area contributed by atoms with Gasteiger partial charge >= 0.3 is 0 Å². The van der Waals surface area contributed by atoms with Crippen LogP contribution in [0.5, 0.6) is 5.75 Å². The second-order valence-electron chi connectivity index (χ2n) is 4.31. The molecule has 0 aliphatic carbocycles. The lowest BCUT2D eigenvalue weighted by molar-refractivity contribution is -0.447. The smallest absolute Gasteiger partial charge is 0.285 e. The highest BCUT2D eigenvalue weighted by Crippen LogP contribution is 2.33. The second kappa shape index (κ2) is 7.81. The molecule has 2 rings (SSSR count). The molecule has 0 amide bonds. The third-order valence-electron chi connectivity index (χ3n) is 2.84. The second-order valence-corrected chi connectivity index (χ2v) is 6.82. The van der Waals surface area contributed by atoms with Crippen molar-refractivity contribution in [3.05, 3.63) is 30.3 Å². The standard InChI is InChI=1S/C13H15NO7S2/c1-18-20-21-22-11-5-9-3-4-10(6-12(9)13(15)7-11)14-8-23(16,17)19-2/h3-7,14-15H,8H2,1-2H3. The highest BCUT2D eigenvalue weighted by atomic mass is 32.2. The summed E-state index contributed by atoms with van der Waals surface area (Å²) in [6.45, 7) is 0. The summed E-state index contributed by atoms with van der Waals surface area (Å²) in [6.07, 6.45) is 0. The molecule has 0 radical (unpaired) electrons. The quantitative estimate of drug-likeness (QED) is 0.241. The van der Waals surface area contributed by atoms with E-state index in [0.29, 0.717) is 16.0 Å². The summed E-state index contributed by atoms with van der Waals surface area (Å²) < 4.78 is 31.6. The van der Waals surface area contributed by atoms with Crippen LogP contribution in [0.1, 0.15) is 0 Å². The van der Waals surface area contributed by atoms with Gasteiger partial charge in [-0.15, -0.1) is 4.33 Å². The highest BCUT2D eigenvalue weighted by Gasteiger charge is 2.10. The van der Waals surface area contributed by atoms with Gasteiger partial charge in [0, 0.05) is 16.0 Å². The van der Waals surface area contributed by atoms with Crippen molar-refractivity contribution in [1.29, 1.82) is 0 Å². The van der Waals surface area contributed by atoms with Crippen LogP contribution < -0.4 is 5.32 Å². The average Bonchev–Trinajstić information content (AvgIpc) is 2.53. The number of fused-ring (bicyclic) bond motifs is 1. The molecule has 0 aromatic heterocycles. The molecule has 0 heterocycles. The van der Waals surface area contributed by atoms with E-state index in [1.54, 1.807) is 24.3 Å². The lowest BCUT2D eigenvalue weighted by atomic mass is 10.1. The minimum Gasteiger partial charge on any atom is -0.507 e. The summed E-state index contributed by atoms with van der Waals surface area (Å²) in [4.78, 5) is 4.89. The molecule has 0 spiro atoms. The van der Waals surface area contributed by atoms with Crippen molar-refractivity contribution in [3.8, 4) is 5.75 Å². The minimum absolute atomic E-state index is 0.0178. The van der Waals surface area contributed by atoms with E-state index in [2.05, 4.69) is 23.8 Å². The maximum atomic E-state index is 11.3. The van der Waals surface area contributed by atoms with Crippen molar-refractivity contribution < 1.29 is 32.0 Å². The largest absolute Gasteiger partial charge is 0.507 e. The first-order valence-corrected chi connectivity index (χ1v) is 8.60. The summed E-state index contributed by atoms with van der Waals surface area (Å²) in [5.74, 6) is -0.351. The number of hydrogen-bond donors (Lipinski definition) is 2. The van der Waals surface area contributed by atoms with Gasteiger partial charge in [0.1, 0.15) is 11.6 Å². The molecule has 2 aromatic carbocycles. The number of phenolic OH excluding ortho intramolecular Hbond substituents is 1. The number of aromatic hydroxyl groups is 1. The number of rotatable bonds is 8. The van der Waals surface area contributed by atoms with Crippen molar-refractivity contribution >= 4 is 38.6 Å². The maximum absolute atomic E-state index is 11.3. The number of phenols is 1. The fraction of sp³-hybridized carbons (Fsp3) is 0.231. The van der Waals surface area contributed by atoms with Gasteiger partial charge in [0.15, 0.2) is 0 Å². The molecule has 0 atom stereocenters. The zero-order valence-electron chi connectivity index (χ0n) is 12.3. The number of hydrogen-bond acceptors (Lipinski definition) is 9. The topological polar surface area (TPSA) is 103 Å². The third kappa shape index (κ3) is 4.96. The molecule has 0 saturated carbocycles. The van der Waals surface area contributed by atoms with Gasteiger partial charge in [-0.2, -0.15) is 8.42 Å². The fourth-order valence-electron chi connectivity index (χ4n) is 1.78. The van der Waals surface area contributed by atoms with Crippen LogP contribution in [0.25, 0.3) is 10.8 Å². The SMILES string of the molecule is COOOSc1cc(O)c2cc(NCS(=O)(=O)OC)ccc2c1. The van der Waals surface area contributed by atoms with Crippen LogP contribution in [0, 0.1) is 0 Å². The van der Waals surface area contributed by atoms with Gasteiger partial charge in [-0.1, -0.05) is 11.1 Å². The molecule has 0 fully saturated rings. The molecule has 23 heavy (non-hydrogen) atoms. The zero-order chi connectivity index (χ0) is 16.9. The van der Waals surface area contributed by atoms with Crippen LogP contribution in [0.4, 0.5) is 5.69 Å². The van der Waals surface area contributed by atoms with E-state index in [0.717, 1.165) is 24.5 Å². The number of anilines is 1. The molecule has 0 aliphatic rings. The molecule has 0 unspecified atom stereocenters. The number of benzene rings is 2. The third-order valence-corrected chi connectivity index (χ3v) is 4.40. The van der Waals surface area contributed by atoms with Crippen molar-refractivity contribution in [2.75, 3.05) is 25.4 Å². The lowest BCUT2D eigenvalue weighted by Gasteiger charge is -2.09. The lowest BCUT2D eigenvalue weighted by Crippen LogP contribution is -2.15. The van der Waals surface area contributed by atoms with Crippen LogP contribution in [-0.2, 0) is 28.6 Å². The Bertz CT molecular complexity index is 779. The van der Waals surface area contributed by atoms with Gasteiger partial charge in [-0.05, 0) is 29.7 Å². The number of nitrogens with one attached hydrogen (secondary N) is 1. The van der Waals surface area contributed by atoms with Crippen LogP contribution >= 0.6 is 12.0 Å². The van der Waals surface area contributed by atoms with Crippen LogP contribution in [0.3, 0.4) is 0 Å². The van der Waals surface area contributed by atoms with Gasteiger partial charge in [0.25, 0.3) is 10.1 Å². The van der Waals surface area contributed by atoms with E-state index < -0.39 is 10.1 Å². The maximum Gasteiger partial charge on any atom is 0.285 e. The predicted molar refractivity (Wildman–Crippen MR) is 85.1 cm³/mol. The molecule has 126 valence electrons. The first-order chi connectivity index (χ1) is 10.9. The predicted octanol–water partition coefficient (Wildman–Crippen LogP) is 2.41. The summed E-state index contributed by atoms with van der Waals surface area (Å²) >= 11 is 0.876. The van der Waals surface area contributed by atoms with E-state index in [-0.39, 0.29) is 11.6 Å². The normalized spacial score (nSPS) is 11.7. The van der Waals surface area contributed by atoms with E-state index in [4.69, 9.17) is 0 Å². The van der Waals surface area contributed by atoms with Gasteiger partial charge in [-0.25, -0.2) is 4.89 Å². The monoisotopic (exact) mass is 361 g/mol. The molecule has 2 aromatic rings. The summed E-state index contributed by atoms with van der Waals surface area (Å²) in [5.41, 5.74) is 0.535. The first kappa shape index (κ1) is 17.8. The Balaban J connectivity index is 2.20. The minimum atomic E-state index is -3.62. The Morgan fingerprint density at radius 1 is 1.22 bits per heavy atom. The summed E-state index contributed by atoms with van der Waals surface area (Å²) in [6, 6.07) is 8.32.